The molecule has 2 amide bonds. The third kappa shape index (κ3) is 3.62. The number of hydrogen-bond acceptors (Lipinski definition) is 5. The molecule has 7 heteroatoms. The van der Waals surface area contributed by atoms with E-state index in [-0.39, 0.29) is 23.6 Å². The molecule has 2 aromatic rings. The van der Waals surface area contributed by atoms with Crippen molar-refractivity contribution in [1.82, 2.24) is 15.4 Å². The molecule has 2 heterocycles. The van der Waals surface area contributed by atoms with Crippen LogP contribution in [-0.2, 0) is 16.1 Å². The van der Waals surface area contributed by atoms with Crippen molar-refractivity contribution in [1.29, 1.82) is 0 Å². The van der Waals surface area contributed by atoms with Crippen molar-refractivity contribution in [3.05, 3.63) is 53.4 Å². The van der Waals surface area contributed by atoms with Crippen molar-refractivity contribution >= 4 is 11.8 Å². The second-order valence-electron chi connectivity index (χ2n) is 5.59. The Morgan fingerprint density at radius 1 is 1.33 bits per heavy atom. The fourth-order valence-electron chi connectivity index (χ4n) is 2.64. The molecule has 1 aromatic carbocycles. The number of ether oxygens (including phenoxy) is 1. The number of carbonyl (C=O) groups excluding carboxylic acids is 2. The molecule has 1 unspecified atom stereocenters. The van der Waals surface area contributed by atoms with Crippen LogP contribution in [0.2, 0.25) is 0 Å². The van der Waals surface area contributed by atoms with Crippen LogP contribution < -0.4 is 5.32 Å². The van der Waals surface area contributed by atoms with Crippen LogP contribution in [0.25, 0.3) is 0 Å². The topological polar surface area (TPSA) is 84.7 Å². The molecule has 1 N–H and O–H groups in total. The molecule has 7 nitrogen and oxygen atoms in total. The Kier molecular flexibility index (Phi) is 4.90. The van der Waals surface area contributed by atoms with Gasteiger partial charge in [-0.1, -0.05) is 35.5 Å². The summed E-state index contributed by atoms with van der Waals surface area (Å²) in [5, 5.41) is 6.61. The lowest BCUT2D eigenvalue weighted by atomic mass is 10.1. The maximum Gasteiger partial charge on any atom is 0.273 e. The first kappa shape index (κ1) is 16.2. The van der Waals surface area contributed by atoms with Crippen LogP contribution in [-0.4, -0.2) is 41.6 Å². The first-order chi connectivity index (χ1) is 11.6. The van der Waals surface area contributed by atoms with E-state index in [2.05, 4.69) is 10.5 Å². The van der Waals surface area contributed by atoms with Gasteiger partial charge in [0.1, 0.15) is 6.04 Å². The highest BCUT2D eigenvalue weighted by molar-refractivity contribution is 5.92. The summed E-state index contributed by atoms with van der Waals surface area (Å²) < 4.78 is 10.7. The minimum absolute atomic E-state index is 0.0604. The molecule has 0 aliphatic carbocycles. The van der Waals surface area contributed by atoms with Gasteiger partial charge in [-0.25, -0.2) is 0 Å². The molecular weight excluding hydrogens is 310 g/mol. The van der Waals surface area contributed by atoms with Crippen molar-refractivity contribution in [3.8, 4) is 0 Å². The summed E-state index contributed by atoms with van der Waals surface area (Å²) in [6.45, 7) is 3.24. The molecule has 0 radical (unpaired) electrons. The van der Waals surface area contributed by atoms with E-state index in [0.717, 1.165) is 5.56 Å². The summed E-state index contributed by atoms with van der Waals surface area (Å²) >= 11 is 0. The van der Waals surface area contributed by atoms with E-state index in [1.54, 1.807) is 11.0 Å². The van der Waals surface area contributed by atoms with Crippen LogP contribution >= 0.6 is 0 Å². The standard InChI is InChI=1S/C17H19N3O4/c1-12(21)20-7-8-23-11-15(20)16-9-14(19-24-16)17(22)18-10-13-5-3-2-4-6-13/h2-6,9,15H,7-8,10-11H2,1H3,(H,18,22). The monoisotopic (exact) mass is 329 g/mol. The maximum absolute atomic E-state index is 12.2. The van der Waals surface area contributed by atoms with Crippen molar-refractivity contribution < 1.29 is 18.8 Å². The van der Waals surface area contributed by atoms with Gasteiger partial charge < -0.3 is 19.5 Å². The van der Waals surface area contributed by atoms with Crippen LogP contribution in [0.1, 0.15) is 34.8 Å². The minimum atomic E-state index is -0.348. The lowest BCUT2D eigenvalue weighted by Crippen LogP contribution is -2.42. The number of hydrogen-bond donors (Lipinski definition) is 1. The Morgan fingerprint density at radius 3 is 2.88 bits per heavy atom. The van der Waals surface area contributed by atoms with E-state index in [9.17, 15) is 9.59 Å². The van der Waals surface area contributed by atoms with Crippen LogP contribution in [0, 0.1) is 0 Å². The molecule has 0 spiro atoms. The van der Waals surface area contributed by atoms with Crippen LogP contribution in [0.3, 0.4) is 0 Å². The number of aromatic nitrogens is 1. The zero-order valence-corrected chi connectivity index (χ0v) is 13.4. The zero-order valence-electron chi connectivity index (χ0n) is 13.4. The second-order valence-corrected chi connectivity index (χ2v) is 5.59. The van der Waals surface area contributed by atoms with Gasteiger partial charge in [0.05, 0.1) is 13.2 Å². The molecule has 3 rings (SSSR count). The first-order valence-electron chi connectivity index (χ1n) is 7.79. The molecule has 1 aliphatic heterocycles. The largest absolute Gasteiger partial charge is 0.377 e. The molecule has 1 aromatic heterocycles. The highest BCUT2D eigenvalue weighted by atomic mass is 16.5. The quantitative estimate of drug-likeness (QED) is 0.919. The van der Waals surface area contributed by atoms with Crippen molar-refractivity contribution in [3.63, 3.8) is 0 Å². The number of morpholine rings is 1. The Balaban J connectivity index is 1.66. The van der Waals surface area contributed by atoms with Crippen molar-refractivity contribution in [2.75, 3.05) is 19.8 Å². The predicted octanol–water partition coefficient (Wildman–Crippen LogP) is 1.52. The third-order valence-corrected chi connectivity index (χ3v) is 3.92. The average molecular weight is 329 g/mol. The van der Waals surface area contributed by atoms with Gasteiger partial charge >= 0.3 is 0 Å². The fraction of sp³-hybridized carbons (Fsp3) is 0.353. The highest BCUT2D eigenvalue weighted by Crippen LogP contribution is 2.24. The Bertz CT molecular complexity index is 714. The van der Waals surface area contributed by atoms with Gasteiger partial charge in [-0.05, 0) is 5.56 Å². The van der Waals surface area contributed by atoms with Crippen molar-refractivity contribution in [2.45, 2.75) is 19.5 Å². The summed E-state index contributed by atoms with van der Waals surface area (Å²) in [5.74, 6) is 0.0736. The number of carbonyl (C=O) groups is 2. The fourth-order valence-corrected chi connectivity index (χ4v) is 2.64. The van der Waals surface area contributed by atoms with Crippen LogP contribution in [0.5, 0.6) is 0 Å². The van der Waals surface area contributed by atoms with Gasteiger partial charge in [-0.15, -0.1) is 0 Å². The van der Waals surface area contributed by atoms with Gasteiger partial charge in [0.25, 0.3) is 5.91 Å². The smallest absolute Gasteiger partial charge is 0.273 e. The molecule has 1 saturated heterocycles. The lowest BCUT2D eigenvalue weighted by Gasteiger charge is -2.33. The second kappa shape index (κ2) is 7.27. The van der Waals surface area contributed by atoms with E-state index in [1.165, 1.54) is 6.92 Å². The van der Waals surface area contributed by atoms with E-state index in [0.29, 0.717) is 32.1 Å². The minimum Gasteiger partial charge on any atom is -0.377 e. The Morgan fingerprint density at radius 2 is 2.12 bits per heavy atom. The highest BCUT2D eigenvalue weighted by Gasteiger charge is 2.30. The Hall–Kier alpha value is -2.67. The molecule has 0 saturated carbocycles. The van der Waals surface area contributed by atoms with Crippen LogP contribution in [0.4, 0.5) is 0 Å². The number of amides is 2. The summed E-state index contributed by atoms with van der Waals surface area (Å²) in [7, 11) is 0. The predicted molar refractivity (Wildman–Crippen MR) is 85.1 cm³/mol. The molecule has 0 bridgehead atoms. The van der Waals surface area contributed by atoms with Gasteiger partial charge in [0.2, 0.25) is 5.91 Å². The van der Waals surface area contributed by atoms with Gasteiger partial charge in [-0.3, -0.25) is 9.59 Å². The van der Waals surface area contributed by atoms with E-state index < -0.39 is 0 Å². The molecule has 126 valence electrons. The summed E-state index contributed by atoms with van der Waals surface area (Å²) in [6.07, 6.45) is 0. The SMILES string of the molecule is CC(=O)N1CCOCC1c1cc(C(=O)NCc2ccccc2)no1. The van der Waals surface area contributed by atoms with E-state index in [1.807, 2.05) is 30.3 Å². The summed E-state index contributed by atoms with van der Waals surface area (Å²) in [5.41, 5.74) is 1.19. The summed E-state index contributed by atoms with van der Waals surface area (Å²) in [4.78, 5) is 25.6. The van der Waals surface area contributed by atoms with Gasteiger partial charge in [0.15, 0.2) is 11.5 Å². The maximum atomic E-state index is 12.2. The number of rotatable bonds is 4. The molecular formula is C17H19N3O4. The first-order valence-corrected chi connectivity index (χ1v) is 7.79. The summed E-state index contributed by atoms with van der Waals surface area (Å²) in [6, 6.07) is 10.8. The normalized spacial score (nSPS) is 17.5. The zero-order chi connectivity index (χ0) is 16.9. The average Bonchev–Trinajstić information content (AvgIpc) is 3.10. The van der Waals surface area contributed by atoms with Gasteiger partial charge in [0, 0.05) is 26.1 Å². The molecule has 1 fully saturated rings. The molecule has 1 aliphatic rings. The van der Waals surface area contributed by atoms with Crippen LogP contribution in [0.15, 0.2) is 40.9 Å². The number of nitrogens with zero attached hydrogens (tertiary/aromatic N) is 2. The van der Waals surface area contributed by atoms with Crippen molar-refractivity contribution in [2.24, 2.45) is 0 Å². The molecule has 1 atom stereocenters. The van der Waals surface area contributed by atoms with E-state index in [4.69, 9.17) is 9.26 Å². The number of benzene rings is 1. The molecule has 24 heavy (non-hydrogen) atoms. The number of nitrogens with one attached hydrogen (secondary N) is 1. The Labute approximate surface area is 139 Å². The van der Waals surface area contributed by atoms with Gasteiger partial charge in [-0.2, -0.15) is 0 Å². The van der Waals surface area contributed by atoms with E-state index >= 15 is 0 Å². The lowest BCUT2D eigenvalue weighted by molar-refractivity contribution is -0.138. The third-order valence-electron chi connectivity index (χ3n) is 3.92.